The first-order valence-corrected chi connectivity index (χ1v) is 7.72. The number of hydrogen-bond donors (Lipinski definition) is 3. The average molecular weight is 333 g/mol. The van der Waals surface area contributed by atoms with E-state index >= 15 is 0 Å². The van der Waals surface area contributed by atoms with Gasteiger partial charge in [0.25, 0.3) is 5.91 Å². The highest BCUT2D eigenvalue weighted by Gasteiger charge is 2.23. The molecule has 1 fully saturated rings. The summed E-state index contributed by atoms with van der Waals surface area (Å²) in [5, 5.41) is 4.04. The monoisotopic (exact) mass is 333 g/mol. The van der Waals surface area contributed by atoms with Gasteiger partial charge >= 0.3 is 0 Å². The van der Waals surface area contributed by atoms with Crippen molar-refractivity contribution in [3.05, 3.63) is 29.8 Å². The van der Waals surface area contributed by atoms with E-state index < -0.39 is 5.91 Å². The molecule has 23 heavy (non-hydrogen) atoms. The van der Waals surface area contributed by atoms with Crippen LogP contribution >= 0.6 is 12.2 Å². The number of nitrogens with one attached hydrogen (secondary N) is 1. The fourth-order valence-electron chi connectivity index (χ4n) is 2.28. The number of hydrazone groups is 1. The minimum Gasteiger partial charge on any atom is -0.388 e. The van der Waals surface area contributed by atoms with Crippen molar-refractivity contribution in [2.24, 2.45) is 16.6 Å². The van der Waals surface area contributed by atoms with Crippen LogP contribution in [-0.4, -0.2) is 40.5 Å². The minimum atomic E-state index is -0.510. The lowest BCUT2D eigenvalue weighted by Crippen LogP contribution is -2.44. The standard InChI is InChI=1S/C15H19N5O2S/c16-13(21)10-4-6-11(7-5-10)18-19-12(14(17)23)15(22)20-8-2-1-3-9-20/h4-7,18H,1-3,8-9H2,(H2,16,21)(H2,17,23)/b19-12-. The molecule has 1 aliphatic rings. The van der Waals surface area contributed by atoms with Gasteiger partial charge in [-0.3, -0.25) is 15.0 Å². The molecule has 0 aromatic heterocycles. The van der Waals surface area contributed by atoms with Crippen molar-refractivity contribution < 1.29 is 9.59 Å². The van der Waals surface area contributed by atoms with Gasteiger partial charge in [0.05, 0.1) is 5.69 Å². The number of rotatable bonds is 5. The highest BCUT2D eigenvalue weighted by molar-refractivity contribution is 7.82. The molecule has 7 nitrogen and oxygen atoms in total. The molecular weight excluding hydrogens is 314 g/mol. The van der Waals surface area contributed by atoms with Crippen molar-refractivity contribution in [2.45, 2.75) is 19.3 Å². The summed E-state index contributed by atoms with van der Waals surface area (Å²) in [6, 6.07) is 6.39. The Labute approximate surface area is 139 Å². The van der Waals surface area contributed by atoms with Crippen LogP contribution in [0.4, 0.5) is 5.69 Å². The number of nitrogens with two attached hydrogens (primary N) is 2. The molecule has 0 radical (unpaired) electrons. The van der Waals surface area contributed by atoms with Crippen LogP contribution in [0.1, 0.15) is 29.6 Å². The van der Waals surface area contributed by atoms with Crippen molar-refractivity contribution in [3.63, 3.8) is 0 Å². The number of likely N-dealkylation sites (tertiary alicyclic amines) is 1. The Kier molecular flexibility index (Phi) is 5.64. The summed E-state index contributed by atoms with van der Waals surface area (Å²) in [6.45, 7) is 1.38. The predicted octanol–water partition coefficient (Wildman–Crippen LogP) is 0.852. The number of amides is 2. The topological polar surface area (TPSA) is 114 Å². The van der Waals surface area contributed by atoms with Crippen LogP contribution < -0.4 is 16.9 Å². The van der Waals surface area contributed by atoms with Crippen molar-refractivity contribution in [3.8, 4) is 0 Å². The quantitative estimate of drug-likeness (QED) is 0.420. The summed E-state index contributed by atoms with van der Waals surface area (Å²) >= 11 is 4.93. The van der Waals surface area contributed by atoms with E-state index in [4.69, 9.17) is 23.7 Å². The molecule has 1 aliphatic heterocycles. The van der Waals surface area contributed by atoms with E-state index in [0.29, 0.717) is 24.3 Å². The summed E-state index contributed by atoms with van der Waals surface area (Å²) in [4.78, 5) is 25.1. The highest BCUT2D eigenvalue weighted by Crippen LogP contribution is 2.11. The zero-order valence-electron chi connectivity index (χ0n) is 12.6. The summed E-state index contributed by atoms with van der Waals surface area (Å²) < 4.78 is 0. The van der Waals surface area contributed by atoms with E-state index in [1.165, 1.54) is 0 Å². The Hall–Kier alpha value is -2.48. The number of thiocarbonyl (C=S) groups is 1. The second-order valence-electron chi connectivity index (χ2n) is 5.23. The fourth-order valence-corrected chi connectivity index (χ4v) is 2.42. The van der Waals surface area contributed by atoms with Gasteiger partial charge in [0, 0.05) is 18.7 Å². The van der Waals surface area contributed by atoms with Crippen LogP contribution in [0, 0.1) is 0 Å². The van der Waals surface area contributed by atoms with Gasteiger partial charge in [-0.25, -0.2) is 0 Å². The zero-order chi connectivity index (χ0) is 16.8. The second kappa shape index (κ2) is 7.68. The molecule has 0 bridgehead atoms. The Morgan fingerprint density at radius 3 is 2.22 bits per heavy atom. The first kappa shape index (κ1) is 16.9. The van der Waals surface area contributed by atoms with Crippen molar-refractivity contribution >= 4 is 40.4 Å². The molecule has 1 aromatic carbocycles. The van der Waals surface area contributed by atoms with Crippen LogP contribution in [0.15, 0.2) is 29.4 Å². The first-order chi connectivity index (χ1) is 11.0. The van der Waals surface area contributed by atoms with Crippen molar-refractivity contribution in [1.82, 2.24) is 4.90 Å². The third-order valence-corrected chi connectivity index (χ3v) is 3.74. The van der Waals surface area contributed by atoms with E-state index in [9.17, 15) is 9.59 Å². The van der Waals surface area contributed by atoms with E-state index in [2.05, 4.69) is 10.5 Å². The number of anilines is 1. The third kappa shape index (κ3) is 4.49. The molecule has 0 atom stereocenters. The molecule has 0 spiro atoms. The number of benzene rings is 1. The van der Waals surface area contributed by atoms with E-state index in [-0.39, 0.29) is 16.6 Å². The Morgan fingerprint density at radius 2 is 1.70 bits per heavy atom. The number of carbonyl (C=O) groups excluding carboxylic acids is 2. The SMILES string of the molecule is NC(=O)c1ccc(N/N=C(\C(=O)N2CCCCC2)C(N)=S)cc1. The molecule has 122 valence electrons. The molecule has 1 aromatic rings. The largest absolute Gasteiger partial charge is 0.388 e. The van der Waals surface area contributed by atoms with Gasteiger partial charge in [-0.1, -0.05) is 12.2 Å². The van der Waals surface area contributed by atoms with Crippen LogP contribution in [0.25, 0.3) is 0 Å². The lowest BCUT2D eigenvalue weighted by Gasteiger charge is -2.26. The van der Waals surface area contributed by atoms with Crippen LogP contribution in [0.3, 0.4) is 0 Å². The maximum atomic E-state index is 12.4. The Balaban J connectivity index is 2.10. The maximum Gasteiger partial charge on any atom is 0.277 e. The lowest BCUT2D eigenvalue weighted by atomic mass is 10.1. The van der Waals surface area contributed by atoms with Gasteiger partial charge in [0.1, 0.15) is 4.99 Å². The summed E-state index contributed by atoms with van der Waals surface area (Å²) in [5.74, 6) is -0.775. The summed E-state index contributed by atoms with van der Waals surface area (Å²) in [6.07, 6.45) is 3.06. The molecule has 1 heterocycles. The van der Waals surface area contributed by atoms with Crippen LogP contribution in [-0.2, 0) is 4.79 Å². The number of carbonyl (C=O) groups is 2. The zero-order valence-corrected chi connectivity index (χ0v) is 13.4. The van der Waals surface area contributed by atoms with Gasteiger partial charge < -0.3 is 16.4 Å². The molecule has 1 saturated heterocycles. The van der Waals surface area contributed by atoms with Gasteiger partial charge in [0.15, 0.2) is 5.71 Å². The fraction of sp³-hybridized carbons (Fsp3) is 0.333. The molecule has 0 saturated carbocycles. The summed E-state index contributed by atoms with van der Waals surface area (Å²) in [5.41, 5.74) is 14.5. The molecule has 8 heteroatoms. The predicted molar refractivity (Wildman–Crippen MR) is 93.2 cm³/mol. The highest BCUT2D eigenvalue weighted by atomic mass is 32.1. The molecule has 0 aliphatic carbocycles. The number of hydrogen-bond acceptors (Lipinski definition) is 5. The third-order valence-electron chi connectivity index (χ3n) is 3.55. The molecular formula is C15H19N5O2S. The Bertz CT molecular complexity index is 636. The number of nitrogens with zero attached hydrogens (tertiary/aromatic N) is 2. The first-order valence-electron chi connectivity index (χ1n) is 7.31. The van der Waals surface area contributed by atoms with Gasteiger partial charge in [0.2, 0.25) is 5.91 Å². The molecule has 2 rings (SSSR count). The Morgan fingerprint density at radius 1 is 1.09 bits per heavy atom. The average Bonchev–Trinajstić information content (AvgIpc) is 2.55. The minimum absolute atomic E-state index is 0.0286. The second-order valence-corrected chi connectivity index (χ2v) is 5.67. The van der Waals surface area contributed by atoms with Crippen molar-refractivity contribution in [1.29, 1.82) is 0 Å². The van der Waals surface area contributed by atoms with E-state index in [1.807, 2.05) is 0 Å². The number of piperidine rings is 1. The van der Waals surface area contributed by atoms with Crippen LogP contribution in [0.5, 0.6) is 0 Å². The van der Waals surface area contributed by atoms with E-state index in [0.717, 1.165) is 19.3 Å². The lowest BCUT2D eigenvalue weighted by molar-refractivity contribution is -0.124. The molecule has 2 amide bonds. The van der Waals surface area contributed by atoms with Gasteiger partial charge in [-0.2, -0.15) is 5.10 Å². The number of primary amides is 1. The maximum absolute atomic E-state index is 12.4. The normalized spacial score (nSPS) is 15.1. The van der Waals surface area contributed by atoms with Crippen molar-refractivity contribution in [2.75, 3.05) is 18.5 Å². The van der Waals surface area contributed by atoms with E-state index in [1.54, 1.807) is 29.2 Å². The molecule has 5 N–H and O–H groups in total. The van der Waals surface area contributed by atoms with Crippen LogP contribution in [0.2, 0.25) is 0 Å². The van der Waals surface area contributed by atoms with Gasteiger partial charge in [-0.05, 0) is 43.5 Å². The smallest absolute Gasteiger partial charge is 0.277 e. The summed E-state index contributed by atoms with van der Waals surface area (Å²) in [7, 11) is 0. The van der Waals surface area contributed by atoms with Gasteiger partial charge in [-0.15, -0.1) is 0 Å². The molecule has 0 unspecified atom stereocenters.